The average Bonchev–Trinajstić information content (AvgIpc) is 2.18. The van der Waals surface area contributed by atoms with Crippen LogP contribution in [0.3, 0.4) is 0 Å². The highest BCUT2D eigenvalue weighted by Crippen LogP contribution is 2.14. The molecule has 0 fully saturated rings. The third-order valence-electron chi connectivity index (χ3n) is 1.78. The van der Waals surface area contributed by atoms with Gasteiger partial charge in [-0.05, 0) is 24.8 Å². The summed E-state index contributed by atoms with van der Waals surface area (Å²) in [6, 6.07) is -0.359. The van der Waals surface area contributed by atoms with Crippen LogP contribution in [0.2, 0.25) is 0 Å². The van der Waals surface area contributed by atoms with Crippen LogP contribution in [0, 0.1) is 0 Å². The van der Waals surface area contributed by atoms with Crippen LogP contribution < -0.4 is 0 Å². The van der Waals surface area contributed by atoms with Crippen LogP contribution in [0.4, 0.5) is 0 Å². The summed E-state index contributed by atoms with van der Waals surface area (Å²) in [6.45, 7) is 0. The maximum absolute atomic E-state index is 9.36. The smallest absolute Gasteiger partial charge is 0.0814 e. The minimum absolute atomic E-state index is 0.359. The van der Waals surface area contributed by atoms with Gasteiger partial charge in [0, 0.05) is 4.91 Å². The second-order valence-electron chi connectivity index (χ2n) is 2.62. The highest BCUT2D eigenvalue weighted by atomic mass is 16.3. The molecule has 2 atom stereocenters. The maximum atomic E-state index is 9.36. The van der Waals surface area contributed by atoms with E-state index in [-0.39, 0.29) is 6.04 Å². The van der Waals surface area contributed by atoms with E-state index in [1.54, 1.807) is 6.08 Å². The number of aliphatic hydroxyl groups excluding tert-OH is 1. The van der Waals surface area contributed by atoms with E-state index in [0.717, 1.165) is 19.3 Å². The summed E-state index contributed by atoms with van der Waals surface area (Å²) >= 11 is 0. The lowest BCUT2D eigenvalue weighted by Gasteiger charge is -2.11. The first-order valence-corrected chi connectivity index (χ1v) is 3.73. The molecule has 0 aromatic carbocycles. The summed E-state index contributed by atoms with van der Waals surface area (Å²) in [7, 11) is 0. The molecule has 60 valence electrons. The Morgan fingerprint density at radius 1 is 1.64 bits per heavy atom. The summed E-state index contributed by atoms with van der Waals surface area (Å²) in [6.07, 6.45) is 5.89. The zero-order chi connectivity index (χ0) is 8.10. The normalized spacial score (nSPS) is 30.6. The first kappa shape index (κ1) is 8.11. The zero-order valence-corrected chi connectivity index (χ0v) is 6.22. The van der Waals surface area contributed by atoms with E-state index < -0.39 is 6.10 Å². The number of aliphatic hydroxyl groups is 1. The molecule has 1 aliphatic rings. The Kier molecular flexibility index (Phi) is 2.95. The molecular formula is C7H11N3O. The van der Waals surface area contributed by atoms with E-state index in [9.17, 15) is 5.11 Å². The van der Waals surface area contributed by atoms with Gasteiger partial charge in [0.15, 0.2) is 0 Å². The molecule has 0 spiro atoms. The van der Waals surface area contributed by atoms with Crippen molar-refractivity contribution in [3.63, 3.8) is 0 Å². The lowest BCUT2D eigenvalue weighted by atomic mass is 10.1. The van der Waals surface area contributed by atoms with Crippen LogP contribution in [-0.2, 0) is 0 Å². The highest BCUT2D eigenvalue weighted by molar-refractivity contribution is 4.99. The Labute approximate surface area is 65.2 Å². The minimum Gasteiger partial charge on any atom is -0.392 e. The highest BCUT2D eigenvalue weighted by Gasteiger charge is 2.15. The molecule has 0 radical (unpaired) electrons. The van der Waals surface area contributed by atoms with Crippen LogP contribution in [0.1, 0.15) is 19.3 Å². The lowest BCUT2D eigenvalue weighted by molar-refractivity contribution is 0.151. The Balaban J connectivity index is 2.64. The lowest BCUT2D eigenvalue weighted by Crippen LogP contribution is -2.20. The molecule has 0 aromatic heterocycles. The van der Waals surface area contributed by atoms with E-state index in [2.05, 4.69) is 10.0 Å². The fraction of sp³-hybridized carbons (Fsp3) is 0.714. The van der Waals surface area contributed by atoms with Gasteiger partial charge in [0.1, 0.15) is 0 Å². The Bertz CT molecular complexity index is 196. The summed E-state index contributed by atoms with van der Waals surface area (Å²) in [4.78, 5) is 2.67. The molecule has 0 amide bonds. The largest absolute Gasteiger partial charge is 0.392 e. The first-order chi connectivity index (χ1) is 5.34. The number of hydrogen-bond acceptors (Lipinski definition) is 2. The monoisotopic (exact) mass is 153 g/mol. The first-order valence-electron chi connectivity index (χ1n) is 3.73. The molecule has 0 heterocycles. The van der Waals surface area contributed by atoms with Gasteiger partial charge in [0.2, 0.25) is 0 Å². The zero-order valence-electron chi connectivity index (χ0n) is 6.22. The molecule has 0 bridgehead atoms. The second kappa shape index (κ2) is 4.01. The van der Waals surface area contributed by atoms with Gasteiger partial charge in [-0.2, -0.15) is 0 Å². The number of hydrogen-bond donors (Lipinski definition) is 1. The van der Waals surface area contributed by atoms with Gasteiger partial charge in [-0.25, -0.2) is 0 Å². The van der Waals surface area contributed by atoms with E-state index >= 15 is 0 Å². The van der Waals surface area contributed by atoms with Gasteiger partial charge in [-0.1, -0.05) is 17.3 Å². The molecule has 0 saturated heterocycles. The van der Waals surface area contributed by atoms with Crippen LogP contribution >= 0.6 is 0 Å². The standard InChI is InChI=1S/C7H11N3O/c8-10-9-6-4-2-1-3-5-7(6)11/h2,4,6-7,11H,1,3,5H2/t6-,7-/m1/s1. The van der Waals surface area contributed by atoms with Crippen molar-refractivity contribution in [3.05, 3.63) is 22.6 Å². The van der Waals surface area contributed by atoms with Crippen LogP contribution in [0.25, 0.3) is 10.4 Å². The molecule has 0 aliphatic heterocycles. The Morgan fingerprint density at radius 3 is 3.18 bits per heavy atom. The van der Waals surface area contributed by atoms with Crippen molar-refractivity contribution in [2.75, 3.05) is 0 Å². The van der Waals surface area contributed by atoms with Crippen LogP contribution in [-0.4, -0.2) is 17.3 Å². The predicted octanol–water partition coefficient (Wildman–Crippen LogP) is 1.77. The molecule has 1 N–H and O–H groups in total. The van der Waals surface area contributed by atoms with Gasteiger partial charge < -0.3 is 5.11 Å². The fourth-order valence-corrected chi connectivity index (χ4v) is 1.15. The summed E-state index contributed by atoms with van der Waals surface area (Å²) < 4.78 is 0. The van der Waals surface area contributed by atoms with Gasteiger partial charge in [0.05, 0.1) is 12.1 Å². The van der Waals surface area contributed by atoms with Gasteiger partial charge in [-0.15, -0.1) is 0 Å². The molecule has 1 aliphatic carbocycles. The van der Waals surface area contributed by atoms with E-state index in [4.69, 9.17) is 5.53 Å². The van der Waals surface area contributed by atoms with Crippen molar-refractivity contribution >= 4 is 0 Å². The quantitative estimate of drug-likeness (QED) is 0.265. The Morgan fingerprint density at radius 2 is 2.45 bits per heavy atom. The number of rotatable bonds is 1. The maximum Gasteiger partial charge on any atom is 0.0814 e. The van der Waals surface area contributed by atoms with Crippen molar-refractivity contribution in [1.82, 2.24) is 0 Å². The van der Waals surface area contributed by atoms with Crippen LogP contribution in [0.5, 0.6) is 0 Å². The van der Waals surface area contributed by atoms with Crippen molar-refractivity contribution in [2.24, 2.45) is 5.11 Å². The minimum atomic E-state index is -0.496. The average molecular weight is 153 g/mol. The molecule has 4 nitrogen and oxygen atoms in total. The van der Waals surface area contributed by atoms with Crippen molar-refractivity contribution in [2.45, 2.75) is 31.4 Å². The van der Waals surface area contributed by atoms with E-state index in [0.29, 0.717) is 0 Å². The van der Waals surface area contributed by atoms with E-state index in [1.165, 1.54) is 0 Å². The van der Waals surface area contributed by atoms with Crippen molar-refractivity contribution in [3.8, 4) is 0 Å². The van der Waals surface area contributed by atoms with Crippen molar-refractivity contribution in [1.29, 1.82) is 0 Å². The van der Waals surface area contributed by atoms with Gasteiger partial charge in [0.25, 0.3) is 0 Å². The number of nitrogens with zero attached hydrogens (tertiary/aromatic N) is 3. The molecule has 0 aromatic rings. The summed E-state index contributed by atoms with van der Waals surface area (Å²) in [5.74, 6) is 0. The Hall–Kier alpha value is -0.990. The van der Waals surface area contributed by atoms with Crippen LogP contribution in [0.15, 0.2) is 17.3 Å². The summed E-state index contributed by atoms with van der Waals surface area (Å²) in [5, 5.41) is 12.8. The molecule has 1 rings (SSSR count). The molecule has 11 heavy (non-hydrogen) atoms. The topological polar surface area (TPSA) is 69.0 Å². The molecule has 0 unspecified atom stereocenters. The third kappa shape index (κ3) is 2.26. The third-order valence-corrected chi connectivity index (χ3v) is 1.78. The second-order valence-corrected chi connectivity index (χ2v) is 2.62. The SMILES string of the molecule is [N-]=[N+]=N[C@@H]1C=CCCC[C@H]1O. The number of allylic oxidation sites excluding steroid dienone is 1. The summed E-state index contributed by atoms with van der Waals surface area (Å²) in [5.41, 5.74) is 8.14. The number of azide groups is 1. The van der Waals surface area contributed by atoms with Gasteiger partial charge >= 0.3 is 0 Å². The predicted molar refractivity (Wildman–Crippen MR) is 41.9 cm³/mol. The molecule has 4 heteroatoms. The van der Waals surface area contributed by atoms with Gasteiger partial charge in [-0.3, -0.25) is 0 Å². The molecule has 0 saturated carbocycles. The van der Waals surface area contributed by atoms with Crippen molar-refractivity contribution < 1.29 is 5.11 Å². The van der Waals surface area contributed by atoms with E-state index in [1.807, 2.05) is 6.08 Å². The molecular weight excluding hydrogens is 142 g/mol. The fourth-order valence-electron chi connectivity index (χ4n) is 1.15.